The summed E-state index contributed by atoms with van der Waals surface area (Å²) in [7, 11) is -0.966. The molecule has 1 aromatic rings. The van der Waals surface area contributed by atoms with Crippen LogP contribution in [0.3, 0.4) is 0 Å². The van der Waals surface area contributed by atoms with Gasteiger partial charge in [0.25, 0.3) is 0 Å². The molecule has 0 aliphatic carbocycles. The number of hydrogen-bond donors (Lipinski definition) is 1. The second-order valence-electron chi connectivity index (χ2n) is 3.68. The summed E-state index contributed by atoms with van der Waals surface area (Å²) in [6.07, 6.45) is 0. The Morgan fingerprint density at radius 3 is 2.53 bits per heavy atom. The average molecular weight is 246 g/mol. The van der Waals surface area contributed by atoms with Crippen LogP contribution in [-0.2, 0) is 16.6 Å². The Morgan fingerprint density at radius 1 is 1.40 bits per heavy atom. The molecule has 0 heterocycles. The summed E-state index contributed by atoms with van der Waals surface area (Å²) < 4.78 is 11.9. The summed E-state index contributed by atoms with van der Waals surface area (Å²) in [6, 6.07) is 7.41. The molecule has 0 saturated carbocycles. The van der Waals surface area contributed by atoms with Crippen molar-refractivity contribution in [1.82, 2.24) is 0 Å². The van der Waals surface area contributed by atoms with Gasteiger partial charge in [-0.25, -0.2) is 0 Å². The molecule has 84 valence electrons. The van der Waals surface area contributed by atoms with Gasteiger partial charge in [-0.1, -0.05) is 29.8 Å². The van der Waals surface area contributed by atoms with Crippen molar-refractivity contribution in [3.8, 4) is 0 Å². The Kier molecular flexibility index (Phi) is 4.77. The van der Waals surface area contributed by atoms with Gasteiger partial charge < -0.3 is 5.73 Å². The molecule has 3 unspecified atom stereocenters. The summed E-state index contributed by atoms with van der Waals surface area (Å²) in [5, 5.41) is 0.656. The fourth-order valence-corrected chi connectivity index (χ4v) is 2.72. The summed E-state index contributed by atoms with van der Waals surface area (Å²) in [4.78, 5) is 0. The summed E-state index contributed by atoms with van der Waals surface area (Å²) in [5.74, 6) is 0.475. The van der Waals surface area contributed by atoms with E-state index in [1.807, 2.05) is 38.1 Å². The SMILES string of the molecule is CC(N)C(C)S(=O)Cc1ccccc1Cl. The van der Waals surface area contributed by atoms with Crippen LogP contribution in [0.15, 0.2) is 24.3 Å². The smallest absolute Gasteiger partial charge is 0.0503 e. The van der Waals surface area contributed by atoms with E-state index in [9.17, 15) is 4.21 Å². The quantitative estimate of drug-likeness (QED) is 0.885. The van der Waals surface area contributed by atoms with Crippen molar-refractivity contribution in [3.05, 3.63) is 34.9 Å². The molecule has 3 atom stereocenters. The molecule has 2 N–H and O–H groups in total. The molecule has 0 aliphatic heterocycles. The van der Waals surface area contributed by atoms with E-state index in [4.69, 9.17) is 17.3 Å². The first-order valence-corrected chi connectivity index (χ1v) is 6.64. The number of hydrogen-bond acceptors (Lipinski definition) is 2. The Labute approximate surface area is 98.3 Å². The van der Waals surface area contributed by atoms with Gasteiger partial charge in [0.1, 0.15) is 0 Å². The van der Waals surface area contributed by atoms with Crippen LogP contribution in [0.2, 0.25) is 5.02 Å². The van der Waals surface area contributed by atoms with E-state index in [0.717, 1.165) is 5.56 Å². The Morgan fingerprint density at radius 2 is 2.00 bits per heavy atom. The molecular weight excluding hydrogens is 230 g/mol. The molecule has 1 aromatic carbocycles. The third-order valence-electron chi connectivity index (χ3n) is 2.41. The molecule has 0 fully saturated rings. The maximum atomic E-state index is 11.9. The lowest BCUT2D eigenvalue weighted by molar-refractivity contribution is 0.648. The predicted octanol–water partition coefficient (Wildman–Crippen LogP) is 2.32. The van der Waals surface area contributed by atoms with Crippen molar-refractivity contribution >= 4 is 22.4 Å². The fourth-order valence-electron chi connectivity index (χ4n) is 1.14. The molecule has 0 radical (unpaired) electrons. The largest absolute Gasteiger partial charge is 0.327 e. The van der Waals surface area contributed by atoms with Gasteiger partial charge in [0.2, 0.25) is 0 Å². The van der Waals surface area contributed by atoms with E-state index >= 15 is 0 Å². The number of rotatable bonds is 4. The number of benzene rings is 1. The minimum Gasteiger partial charge on any atom is -0.327 e. The van der Waals surface area contributed by atoms with E-state index in [1.165, 1.54) is 0 Å². The Hall–Kier alpha value is -0.380. The van der Waals surface area contributed by atoms with E-state index in [0.29, 0.717) is 10.8 Å². The molecule has 0 amide bonds. The maximum Gasteiger partial charge on any atom is 0.0503 e. The van der Waals surface area contributed by atoms with Gasteiger partial charge in [-0.15, -0.1) is 0 Å². The molecule has 4 heteroatoms. The topological polar surface area (TPSA) is 43.1 Å². The van der Waals surface area contributed by atoms with E-state index in [2.05, 4.69) is 0 Å². The van der Waals surface area contributed by atoms with Gasteiger partial charge in [0, 0.05) is 27.1 Å². The molecule has 0 aromatic heterocycles. The van der Waals surface area contributed by atoms with Gasteiger partial charge in [-0.2, -0.15) is 0 Å². The highest BCUT2D eigenvalue weighted by Gasteiger charge is 2.16. The van der Waals surface area contributed by atoms with Crippen molar-refractivity contribution in [2.24, 2.45) is 5.73 Å². The summed E-state index contributed by atoms with van der Waals surface area (Å²) >= 11 is 5.99. The lowest BCUT2D eigenvalue weighted by Crippen LogP contribution is -2.33. The van der Waals surface area contributed by atoms with Crippen LogP contribution in [0.4, 0.5) is 0 Å². The van der Waals surface area contributed by atoms with Gasteiger partial charge in [0.15, 0.2) is 0 Å². The monoisotopic (exact) mass is 245 g/mol. The van der Waals surface area contributed by atoms with Crippen LogP contribution in [0.1, 0.15) is 19.4 Å². The van der Waals surface area contributed by atoms with Crippen molar-refractivity contribution in [3.63, 3.8) is 0 Å². The molecule has 2 nitrogen and oxygen atoms in total. The number of nitrogens with two attached hydrogens (primary N) is 1. The van der Waals surface area contributed by atoms with Crippen molar-refractivity contribution < 1.29 is 4.21 Å². The molecule has 0 aliphatic rings. The van der Waals surface area contributed by atoms with Gasteiger partial charge in [-0.3, -0.25) is 4.21 Å². The highest BCUT2D eigenvalue weighted by Crippen LogP contribution is 2.18. The highest BCUT2D eigenvalue weighted by molar-refractivity contribution is 7.84. The van der Waals surface area contributed by atoms with Gasteiger partial charge in [0.05, 0.1) is 5.75 Å². The van der Waals surface area contributed by atoms with Crippen LogP contribution < -0.4 is 5.73 Å². The second-order valence-corrected chi connectivity index (χ2v) is 5.88. The van der Waals surface area contributed by atoms with E-state index in [1.54, 1.807) is 0 Å². The lowest BCUT2D eigenvalue weighted by Gasteiger charge is -2.15. The van der Waals surface area contributed by atoms with Crippen LogP contribution in [0, 0.1) is 0 Å². The normalized spacial score (nSPS) is 17.1. The molecule has 0 bridgehead atoms. The van der Waals surface area contributed by atoms with Crippen molar-refractivity contribution in [2.45, 2.75) is 30.9 Å². The first-order chi connectivity index (χ1) is 7.02. The van der Waals surface area contributed by atoms with Crippen molar-refractivity contribution in [1.29, 1.82) is 0 Å². The predicted molar refractivity (Wildman–Crippen MR) is 66.4 cm³/mol. The van der Waals surface area contributed by atoms with Crippen molar-refractivity contribution in [2.75, 3.05) is 0 Å². The maximum absolute atomic E-state index is 11.9. The summed E-state index contributed by atoms with van der Waals surface area (Å²) in [6.45, 7) is 3.77. The molecule has 15 heavy (non-hydrogen) atoms. The first-order valence-electron chi connectivity index (χ1n) is 4.88. The first kappa shape index (κ1) is 12.7. The van der Waals surface area contributed by atoms with Crippen LogP contribution in [-0.4, -0.2) is 15.5 Å². The van der Waals surface area contributed by atoms with Gasteiger partial charge in [-0.05, 0) is 25.5 Å². The molecule has 0 spiro atoms. The zero-order chi connectivity index (χ0) is 11.4. The fraction of sp³-hybridized carbons (Fsp3) is 0.455. The zero-order valence-corrected chi connectivity index (χ0v) is 10.5. The third kappa shape index (κ3) is 3.59. The molecule has 1 rings (SSSR count). The van der Waals surface area contributed by atoms with Crippen LogP contribution in [0.5, 0.6) is 0 Å². The number of halogens is 1. The van der Waals surface area contributed by atoms with Gasteiger partial charge >= 0.3 is 0 Å². The minimum absolute atomic E-state index is 0.0127. The Bertz CT molecular complexity index is 354. The van der Waals surface area contributed by atoms with Crippen LogP contribution >= 0.6 is 11.6 Å². The van der Waals surface area contributed by atoms with E-state index < -0.39 is 10.8 Å². The Balaban J connectivity index is 2.71. The highest BCUT2D eigenvalue weighted by atomic mass is 35.5. The second kappa shape index (κ2) is 5.64. The zero-order valence-electron chi connectivity index (χ0n) is 8.94. The molecular formula is C11H16ClNOS. The standard InChI is InChI=1S/C11H16ClNOS/c1-8(13)9(2)15(14)7-10-5-3-4-6-11(10)12/h3-6,8-9H,7,13H2,1-2H3. The summed E-state index contributed by atoms with van der Waals surface area (Å²) in [5.41, 5.74) is 6.62. The lowest BCUT2D eigenvalue weighted by atomic mass is 10.2. The average Bonchev–Trinajstić information content (AvgIpc) is 2.20. The molecule has 0 saturated heterocycles. The minimum atomic E-state index is -0.966. The van der Waals surface area contributed by atoms with E-state index in [-0.39, 0.29) is 11.3 Å². The third-order valence-corrected chi connectivity index (χ3v) is 4.63. The van der Waals surface area contributed by atoms with Crippen LogP contribution in [0.25, 0.3) is 0 Å².